The first-order chi connectivity index (χ1) is 10.7. The van der Waals surface area contributed by atoms with Crippen molar-refractivity contribution in [2.75, 3.05) is 47.1 Å². The summed E-state index contributed by atoms with van der Waals surface area (Å²) in [7, 11) is 3.71. The Labute approximate surface area is 137 Å². The Morgan fingerprint density at radius 1 is 1.41 bits per heavy atom. The van der Waals surface area contributed by atoms with E-state index in [1.165, 1.54) is 0 Å². The second-order valence-electron chi connectivity index (χ2n) is 4.91. The minimum atomic E-state index is 0.641. The van der Waals surface area contributed by atoms with E-state index in [0.717, 1.165) is 42.7 Å². The molecule has 1 rings (SSSR count). The zero-order valence-corrected chi connectivity index (χ0v) is 14.9. The molecule has 1 N–H and O–H groups in total. The van der Waals surface area contributed by atoms with Gasteiger partial charge in [0.05, 0.1) is 30.5 Å². The minimum Gasteiger partial charge on any atom is -0.382 e. The topological polar surface area (TPSA) is 59.0 Å². The first-order valence-electron chi connectivity index (χ1n) is 7.64. The molecule has 0 amide bonds. The number of nitrogens with zero attached hydrogens (tertiary/aromatic N) is 3. The summed E-state index contributed by atoms with van der Waals surface area (Å²) in [5.41, 5.74) is 1.08. The highest BCUT2D eigenvalue weighted by molar-refractivity contribution is 7.09. The van der Waals surface area contributed by atoms with Crippen molar-refractivity contribution in [2.24, 2.45) is 4.99 Å². The maximum absolute atomic E-state index is 5.44. The summed E-state index contributed by atoms with van der Waals surface area (Å²) in [5, 5.41) is 6.50. The van der Waals surface area contributed by atoms with Crippen LogP contribution in [0.1, 0.15) is 24.0 Å². The lowest BCUT2D eigenvalue weighted by Gasteiger charge is -2.21. The summed E-state index contributed by atoms with van der Waals surface area (Å²) in [5.74, 6) is 0.907. The Bertz CT molecular complexity index is 437. The zero-order valence-electron chi connectivity index (χ0n) is 14.1. The molecular weight excluding hydrogens is 300 g/mol. The highest BCUT2D eigenvalue weighted by Gasteiger charge is 2.08. The molecule has 0 aliphatic carbocycles. The molecule has 7 heteroatoms. The summed E-state index contributed by atoms with van der Waals surface area (Å²) < 4.78 is 10.4. The van der Waals surface area contributed by atoms with Crippen molar-refractivity contribution >= 4 is 17.3 Å². The molecule has 0 saturated heterocycles. The number of nitrogens with one attached hydrogen (secondary N) is 1. The third kappa shape index (κ3) is 7.72. The van der Waals surface area contributed by atoms with Gasteiger partial charge in [0.25, 0.3) is 0 Å². The van der Waals surface area contributed by atoms with Crippen LogP contribution in [-0.4, -0.2) is 62.9 Å². The summed E-state index contributed by atoms with van der Waals surface area (Å²) in [6.45, 7) is 8.45. The normalized spacial score (nSPS) is 11.7. The third-order valence-electron chi connectivity index (χ3n) is 2.90. The van der Waals surface area contributed by atoms with Gasteiger partial charge in [0.2, 0.25) is 0 Å². The van der Waals surface area contributed by atoms with E-state index in [-0.39, 0.29) is 0 Å². The van der Waals surface area contributed by atoms with Crippen LogP contribution in [0.3, 0.4) is 0 Å². The lowest BCUT2D eigenvalue weighted by Crippen LogP contribution is -2.38. The van der Waals surface area contributed by atoms with Gasteiger partial charge in [-0.25, -0.2) is 4.98 Å². The van der Waals surface area contributed by atoms with E-state index in [1.807, 2.05) is 14.0 Å². The molecule has 0 aromatic carbocycles. The van der Waals surface area contributed by atoms with Gasteiger partial charge in [0.15, 0.2) is 5.96 Å². The maximum Gasteiger partial charge on any atom is 0.194 e. The van der Waals surface area contributed by atoms with Gasteiger partial charge in [-0.3, -0.25) is 4.99 Å². The molecule has 0 bridgehead atoms. The Balaban J connectivity index is 2.37. The fraction of sp³-hybridized carbons (Fsp3) is 0.733. The Kier molecular flexibility index (Phi) is 9.77. The van der Waals surface area contributed by atoms with Crippen LogP contribution in [0.2, 0.25) is 0 Å². The van der Waals surface area contributed by atoms with Crippen LogP contribution < -0.4 is 5.32 Å². The van der Waals surface area contributed by atoms with Crippen LogP contribution in [-0.2, 0) is 16.0 Å². The molecule has 0 saturated carbocycles. The number of rotatable bonds is 10. The predicted molar refractivity (Wildman–Crippen MR) is 91.6 cm³/mol. The maximum atomic E-state index is 5.44. The largest absolute Gasteiger partial charge is 0.382 e. The average molecular weight is 328 g/mol. The average Bonchev–Trinajstić information content (AvgIpc) is 2.90. The second-order valence-corrected chi connectivity index (χ2v) is 5.97. The van der Waals surface area contributed by atoms with Gasteiger partial charge >= 0.3 is 0 Å². The van der Waals surface area contributed by atoms with Crippen LogP contribution >= 0.6 is 11.3 Å². The molecule has 0 unspecified atom stereocenters. The molecule has 0 aliphatic heterocycles. The van der Waals surface area contributed by atoms with Gasteiger partial charge in [-0.2, -0.15) is 0 Å². The number of aromatic nitrogens is 1. The molecule has 0 radical (unpaired) electrons. The van der Waals surface area contributed by atoms with Crippen molar-refractivity contribution < 1.29 is 9.47 Å². The lowest BCUT2D eigenvalue weighted by molar-refractivity contribution is 0.0702. The van der Waals surface area contributed by atoms with E-state index < -0.39 is 0 Å². The number of hydrogen-bond donors (Lipinski definition) is 1. The number of thiazole rings is 1. The van der Waals surface area contributed by atoms with Crippen molar-refractivity contribution in [2.45, 2.75) is 26.8 Å². The molecule has 22 heavy (non-hydrogen) atoms. The number of aliphatic imine (C=N–C) groups is 1. The number of guanidine groups is 1. The van der Waals surface area contributed by atoms with Gasteiger partial charge in [-0.15, -0.1) is 11.3 Å². The lowest BCUT2D eigenvalue weighted by atomic mass is 10.4. The first-order valence-corrected chi connectivity index (χ1v) is 8.52. The standard InChI is InChI=1S/C15H28N4O2S/c1-5-16-15(17-7-6-8-21-10-9-20-4)19(3)11-14-12-22-13(2)18-14/h12H,5-11H2,1-4H3,(H,16,17). The minimum absolute atomic E-state index is 0.641. The molecule has 0 fully saturated rings. The van der Waals surface area contributed by atoms with Gasteiger partial charge in [-0.05, 0) is 20.3 Å². The Morgan fingerprint density at radius 3 is 2.86 bits per heavy atom. The van der Waals surface area contributed by atoms with E-state index >= 15 is 0 Å². The van der Waals surface area contributed by atoms with E-state index in [0.29, 0.717) is 19.8 Å². The molecule has 6 nitrogen and oxygen atoms in total. The van der Waals surface area contributed by atoms with Crippen LogP contribution in [0.5, 0.6) is 0 Å². The van der Waals surface area contributed by atoms with Gasteiger partial charge < -0.3 is 19.7 Å². The fourth-order valence-electron chi connectivity index (χ4n) is 1.86. The highest BCUT2D eigenvalue weighted by atomic mass is 32.1. The third-order valence-corrected chi connectivity index (χ3v) is 3.72. The zero-order chi connectivity index (χ0) is 16.2. The molecule has 0 aliphatic rings. The van der Waals surface area contributed by atoms with Crippen LogP contribution in [0.4, 0.5) is 0 Å². The second kappa shape index (κ2) is 11.4. The summed E-state index contributed by atoms with van der Waals surface area (Å²) in [6, 6.07) is 0. The van der Waals surface area contributed by atoms with Crippen LogP contribution in [0.25, 0.3) is 0 Å². The van der Waals surface area contributed by atoms with E-state index in [4.69, 9.17) is 9.47 Å². The smallest absolute Gasteiger partial charge is 0.194 e. The molecule has 0 spiro atoms. The van der Waals surface area contributed by atoms with Gasteiger partial charge in [0.1, 0.15) is 0 Å². The number of aryl methyl sites for hydroxylation is 1. The van der Waals surface area contributed by atoms with Gasteiger partial charge in [-0.1, -0.05) is 0 Å². The summed E-state index contributed by atoms with van der Waals surface area (Å²) in [6.07, 6.45) is 0.905. The highest BCUT2D eigenvalue weighted by Crippen LogP contribution is 2.09. The molecule has 1 heterocycles. The van der Waals surface area contributed by atoms with E-state index in [1.54, 1.807) is 18.4 Å². The summed E-state index contributed by atoms with van der Waals surface area (Å²) in [4.78, 5) is 11.2. The SMILES string of the molecule is CCNC(=NCCCOCCOC)N(C)Cc1csc(C)n1. The molecule has 126 valence electrons. The van der Waals surface area contributed by atoms with Crippen molar-refractivity contribution in [1.82, 2.24) is 15.2 Å². The molecule has 1 aromatic rings. The fourth-order valence-corrected chi connectivity index (χ4v) is 2.47. The van der Waals surface area contributed by atoms with Crippen LogP contribution in [0, 0.1) is 6.92 Å². The van der Waals surface area contributed by atoms with Crippen molar-refractivity contribution in [1.29, 1.82) is 0 Å². The predicted octanol–water partition coefficient (Wildman–Crippen LogP) is 1.90. The van der Waals surface area contributed by atoms with Gasteiger partial charge in [0, 0.05) is 39.2 Å². The summed E-state index contributed by atoms with van der Waals surface area (Å²) >= 11 is 1.68. The number of ether oxygens (including phenoxy) is 2. The van der Waals surface area contributed by atoms with Crippen LogP contribution in [0.15, 0.2) is 10.4 Å². The number of methoxy groups -OCH3 is 1. The van der Waals surface area contributed by atoms with Crippen molar-refractivity contribution in [3.05, 3.63) is 16.1 Å². The Morgan fingerprint density at radius 2 is 2.23 bits per heavy atom. The Hall–Kier alpha value is -1.18. The quantitative estimate of drug-likeness (QED) is 0.404. The molecular formula is C15H28N4O2S. The monoisotopic (exact) mass is 328 g/mol. The molecule has 0 atom stereocenters. The van der Waals surface area contributed by atoms with Crippen molar-refractivity contribution in [3.8, 4) is 0 Å². The number of hydrogen-bond acceptors (Lipinski definition) is 5. The van der Waals surface area contributed by atoms with Crippen molar-refractivity contribution in [3.63, 3.8) is 0 Å². The van der Waals surface area contributed by atoms with E-state index in [9.17, 15) is 0 Å². The molecule has 1 aromatic heterocycles. The van der Waals surface area contributed by atoms with E-state index in [2.05, 4.69) is 32.5 Å². The first kappa shape index (κ1) is 18.9.